The highest BCUT2D eigenvalue weighted by Crippen LogP contribution is 2.27. The summed E-state index contributed by atoms with van der Waals surface area (Å²) >= 11 is 0. The van der Waals surface area contributed by atoms with E-state index < -0.39 is 0 Å². The van der Waals surface area contributed by atoms with Gasteiger partial charge in [0.25, 0.3) is 0 Å². The molecule has 0 aliphatic carbocycles. The molecule has 0 aliphatic rings. The van der Waals surface area contributed by atoms with Crippen LogP contribution in [0.3, 0.4) is 0 Å². The van der Waals surface area contributed by atoms with E-state index in [0.29, 0.717) is 5.88 Å². The van der Waals surface area contributed by atoms with Crippen molar-refractivity contribution < 1.29 is 9.53 Å². The van der Waals surface area contributed by atoms with Crippen molar-refractivity contribution in [1.29, 1.82) is 0 Å². The lowest BCUT2D eigenvalue weighted by Gasteiger charge is -2.09. The standard InChI is InChI=1S/C13H17N3O2/c1-9(17)18-13-12-10(5-7-16(2)3)8-15-11(12)4-6-14-13/h4,6,8,15H,5,7H2,1-3H3. The third-order valence-corrected chi connectivity index (χ3v) is 2.71. The van der Waals surface area contributed by atoms with E-state index in [2.05, 4.69) is 14.9 Å². The molecule has 5 nitrogen and oxygen atoms in total. The van der Waals surface area contributed by atoms with Gasteiger partial charge in [0.15, 0.2) is 0 Å². The molecule has 18 heavy (non-hydrogen) atoms. The molecule has 2 rings (SSSR count). The van der Waals surface area contributed by atoms with Crippen LogP contribution in [-0.4, -0.2) is 41.5 Å². The Morgan fingerprint density at radius 2 is 2.28 bits per heavy atom. The number of nitrogens with one attached hydrogen (secondary N) is 1. The van der Waals surface area contributed by atoms with Crippen molar-refractivity contribution >= 4 is 16.9 Å². The van der Waals surface area contributed by atoms with Crippen LogP contribution in [0.25, 0.3) is 10.9 Å². The van der Waals surface area contributed by atoms with E-state index in [4.69, 9.17) is 4.74 Å². The van der Waals surface area contributed by atoms with Gasteiger partial charge in [-0.25, -0.2) is 4.98 Å². The maximum Gasteiger partial charge on any atom is 0.309 e. The molecule has 0 bridgehead atoms. The zero-order valence-corrected chi connectivity index (χ0v) is 10.9. The quantitative estimate of drug-likeness (QED) is 0.834. The van der Waals surface area contributed by atoms with Gasteiger partial charge in [0.05, 0.1) is 10.9 Å². The predicted octanol–water partition coefficient (Wildman–Crippen LogP) is 1.59. The Morgan fingerprint density at radius 1 is 1.50 bits per heavy atom. The maximum atomic E-state index is 11.1. The van der Waals surface area contributed by atoms with E-state index in [1.807, 2.05) is 26.4 Å². The molecule has 5 heteroatoms. The summed E-state index contributed by atoms with van der Waals surface area (Å²) in [5.41, 5.74) is 2.05. The van der Waals surface area contributed by atoms with Crippen molar-refractivity contribution in [3.8, 4) is 5.88 Å². The first-order valence-electron chi connectivity index (χ1n) is 5.86. The van der Waals surface area contributed by atoms with Crippen molar-refractivity contribution in [2.24, 2.45) is 0 Å². The van der Waals surface area contributed by atoms with Gasteiger partial charge in [-0.15, -0.1) is 0 Å². The first-order chi connectivity index (χ1) is 8.58. The summed E-state index contributed by atoms with van der Waals surface area (Å²) in [5, 5.41) is 0.898. The second kappa shape index (κ2) is 5.18. The first-order valence-corrected chi connectivity index (χ1v) is 5.86. The number of aromatic nitrogens is 2. The molecule has 0 spiro atoms. The summed E-state index contributed by atoms with van der Waals surface area (Å²) in [6, 6.07) is 1.88. The van der Waals surface area contributed by atoms with E-state index in [0.717, 1.165) is 29.4 Å². The van der Waals surface area contributed by atoms with Crippen molar-refractivity contribution in [2.75, 3.05) is 20.6 Å². The van der Waals surface area contributed by atoms with Crippen LogP contribution in [-0.2, 0) is 11.2 Å². The number of nitrogens with zero attached hydrogens (tertiary/aromatic N) is 2. The van der Waals surface area contributed by atoms with Gasteiger partial charge in [0, 0.05) is 25.9 Å². The molecule has 0 unspecified atom stereocenters. The summed E-state index contributed by atoms with van der Waals surface area (Å²) < 4.78 is 5.15. The summed E-state index contributed by atoms with van der Waals surface area (Å²) in [4.78, 5) is 20.5. The Labute approximate surface area is 106 Å². The maximum absolute atomic E-state index is 11.1. The molecule has 0 saturated carbocycles. The molecule has 0 aromatic carbocycles. The summed E-state index contributed by atoms with van der Waals surface area (Å²) in [6.45, 7) is 2.31. The lowest BCUT2D eigenvalue weighted by Crippen LogP contribution is -2.15. The fraction of sp³-hybridized carbons (Fsp3) is 0.385. The number of pyridine rings is 1. The molecular weight excluding hydrogens is 230 g/mol. The Morgan fingerprint density at radius 3 is 2.94 bits per heavy atom. The molecule has 2 heterocycles. The van der Waals surface area contributed by atoms with Gasteiger partial charge in [0.1, 0.15) is 0 Å². The summed E-state index contributed by atoms with van der Waals surface area (Å²) in [7, 11) is 4.06. The number of esters is 1. The number of carbonyl (C=O) groups is 1. The number of hydrogen-bond donors (Lipinski definition) is 1. The number of carbonyl (C=O) groups excluding carboxylic acids is 1. The molecule has 1 N–H and O–H groups in total. The zero-order valence-electron chi connectivity index (χ0n) is 10.9. The van der Waals surface area contributed by atoms with E-state index in [9.17, 15) is 4.79 Å². The molecule has 0 atom stereocenters. The van der Waals surface area contributed by atoms with E-state index >= 15 is 0 Å². The van der Waals surface area contributed by atoms with Gasteiger partial charge in [-0.05, 0) is 32.1 Å². The largest absolute Gasteiger partial charge is 0.407 e. The molecule has 0 amide bonds. The van der Waals surface area contributed by atoms with E-state index in [1.54, 1.807) is 6.20 Å². The van der Waals surface area contributed by atoms with Crippen LogP contribution in [0.1, 0.15) is 12.5 Å². The van der Waals surface area contributed by atoms with Gasteiger partial charge in [-0.3, -0.25) is 4.79 Å². The highest BCUT2D eigenvalue weighted by Gasteiger charge is 2.12. The minimum atomic E-state index is -0.352. The Bertz CT molecular complexity index is 560. The predicted molar refractivity (Wildman–Crippen MR) is 69.7 cm³/mol. The van der Waals surface area contributed by atoms with Crippen LogP contribution in [0.2, 0.25) is 0 Å². The summed E-state index contributed by atoms with van der Waals surface area (Å²) in [5.74, 6) is 0.0322. The lowest BCUT2D eigenvalue weighted by atomic mass is 10.1. The second-order valence-corrected chi connectivity index (χ2v) is 4.50. The third kappa shape index (κ3) is 2.68. The zero-order chi connectivity index (χ0) is 13.1. The average Bonchev–Trinajstić information content (AvgIpc) is 2.70. The number of aromatic amines is 1. The molecule has 0 aliphatic heterocycles. The molecule has 96 valence electrons. The second-order valence-electron chi connectivity index (χ2n) is 4.50. The van der Waals surface area contributed by atoms with Gasteiger partial charge in [-0.1, -0.05) is 0 Å². The van der Waals surface area contributed by atoms with Crippen molar-refractivity contribution in [1.82, 2.24) is 14.9 Å². The number of H-pyrrole nitrogens is 1. The minimum absolute atomic E-state index is 0.352. The Hall–Kier alpha value is -1.88. The molecular formula is C13H17N3O2. The minimum Gasteiger partial charge on any atom is -0.407 e. The van der Waals surface area contributed by atoms with Gasteiger partial charge in [0.2, 0.25) is 5.88 Å². The molecule has 2 aromatic rings. The normalized spacial score (nSPS) is 11.1. The van der Waals surface area contributed by atoms with E-state index in [1.165, 1.54) is 6.92 Å². The van der Waals surface area contributed by atoms with Crippen molar-refractivity contribution in [3.63, 3.8) is 0 Å². The van der Waals surface area contributed by atoms with Gasteiger partial charge in [-0.2, -0.15) is 0 Å². The van der Waals surface area contributed by atoms with Crippen LogP contribution in [0.15, 0.2) is 18.5 Å². The average molecular weight is 247 g/mol. The number of likely N-dealkylation sites (N-methyl/N-ethyl adjacent to an activating group) is 1. The molecule has 0 radical (unpaired) electrons. The van der Waals surface area contributed by atoms with Crippen molar-refractivity contribution in [2.45, 2.75) is 13.3 Å². The Balaban J connectivity index is 2.38. The topological polar surface area (TPSA) is 58.2 Å². The summed E-state index contributed by atoms with van der Waals surface area (Å²) in [6.07, 6.45) is 4.46. The fourth-order valence-corrected chi connectivity index (χ4v) is 1.86. The number of hydrogen-bond acceptors (Lipinski definition) is 4. The SMILES string of the molecule is CC(=O)Oc1nccc2[nH]cc(CCN(C)C)c12. The van der Waals surface area contributed by atoms with E-state index in [-0.39, 0.29) is 5.97 Å². The van der Waals surface area contributed by atoms with Gasteiger partial charge >= 0.3 is 5.97 Å². The molecule has 0 saturated heterocycles. The van der Waals surface area contributed by atoms with Crippen LogP contribution >= 0.6 is 0 Å². The van der Waals surface area contributed by atoms with Crippen LogP contribution < -0.4 is 4.74 Å². The molecule has 0 fully saturated rings. The fourth-order valence-electron chi connectivity index (χ4n) is 1.86. The third-order valence-electron chi connectivity index (χ3n) is 2.71. The van der Waals surface area contributed by atoms with Crippen molar-refractivity contribution in [3.05, 3.63) is 24.0 Å². The lowest BCUT2D eigenvalue weighted by molar-refractivity contribution is -0.132. The van der Waals surface area contributed by atoms with Crippen LogP contribution in [0, 0.1) is 0 Å². The number of fused-ring (bicyclic) bond motifs is 1. The first kappa shape index (κ1) is 12.6. The van der Waals surface area contributed by atoms with Gasteiger partial charge < -0.3 is 14.6 Å². The van der Waals surface area contributed by atoms with Crippen LogP contribution in [0.4, 0.5) is 0 Å². The Kier molecular flexibility index (Phi) is 3.62. The van der Waals surface area contributed by atoms with Crippen LogP contribution in [0.5, 0.6) is 5.88 Å². The monoisotopic (exact) mass is 247 g/mol. The highest BCUT2D eigenvalue weighted by molar-refractivity contribution is 5.89. The molecule has 2 aromatic heterocycles. The highest BCUT2D eigenvalue weighted by atomic mass is 16.5. The number of rotatable bonds is 4. The number of ether oxygens (including phenoxy) is 1. The smallest absolute Gasteiger partial charge is 0.309 e.